The summed E-state index contributed by atoms with van der Waals surface area (Å²) < 4.78 is 51.5. The van der Waals surface area contributed by atoms with Gasteiger partial charge in [0.05, 0.1) is 5.56 Å². The number of benzene rings is 1. The molecule has 0 amide bonds. The van der Waals surface area contributed by atoms with E-state index >= 15 is 0 Å². The average molecular weight is 264 g/mol. The van der Waals surface area contributed by atoms with E-state index in [9.17, 15) is 18.0 Å². The number of hydrogen-bond donors (Lipinski definition) is 1. The number of carbonyl (C=O) groups is 1. The number of fused-ring (bicyclic) bond motifs is 1. The van der Waals surface area contributed by atoms with Gasteiger partial charge in [-0.05, 0) is 18.2 Å². The van der Waals surface area contributed by atoms with Crippen molar-refractivity contribution in [2.75, 3.05) is 6.61 Å². The summed E-state index contributed by atoms with van der Waals surface area (Å²) in [4.78, 5) is 10.3. The number of ether oxygens (including phenoxy) is 3. The first-order valence-corrected chi connectivity index (χ1v) is 4.76. The number of halogens is 3. The molecule has 0 fully saturated rings. The summed E-state index contributed by atoms with van der Waals surface area (Å²) in [7, 11) is 0. The Kier molecular flexibility index (Phi) is 2.93. The molecule has 1 aromatic rings. The zero-order valence-corrected chi connectivity index (χ0v) is 8.73. The molecule has 0 saturated heterocycles. The van der Waals surface area contributed by atoms with Crippen molar-refractivity contribution >= 4 is 6.16 Å². The fourth-order valence-electron chi connectivity index (χ4n) is 1.40. The van der Waals surface area contributed by atoms with E-state index in [0.29, 0.717) is 0 Å². The predicted molar refractivity (Wildman–Crippen MR) is 50.5 cm³/mol. The lowest BCUT2D eigenvalue weighted by Crippen LogP contribution is -2.33. The first kappa shape index (κ1) is 12.3. The van der Waals surface area contributed by atoms with Gasteiger partial charge >= 0.3 is 12.3 Å². The van der Waals surface area contributed by atoms with Gasteiger partial charge in [0.2, 0.25) is 0 Å². The molecule has 0 unspecified atom stereocenters. The number of carboxylic acid groups (broad SMARTS) is 1. The Balaban J connectivity index is 2.18. The van der Waals surface area contributed by atoms with E-state index < -0.39 is 24.2 Å². The summed E-state index contributed by atoms with van der Waals surface area (Å²) >= 11 is 0. The second kappa shape index (κ2) is 4.28. The summed E-state index contributed by atoms with van der Waals surface area (Å²) in [5.74, 6) is -0.101. The van der Waals surface area contributed by atoms with Gasteiger partial charge in [0, 0.05) is 0 Å². The molecule has 1 aliphatic heterocycles. The molecule has 0 aromatic heterocycles. The van der Waals surface area contributed by atoms with Gasteiger partial charge in [0.15, 0.2) is 18.1 Å². The third kappa shape index (κ3) is 2.58. The van der Waals surface area contributed by atoms with Crippen molar-refractivity contribution in [3.05, 3.63) is 23.8 Å². The molecule has 2 rings (SSSR count). The molecule has 8 heteroatoms. The highest BCUT2D eigenvalue weighted by atomic mass is 19.4. The van der Waals surface area contributed by atoms with Crippen molar-refractivity contribution in [2.45, 2.75) is 12.5 Å². The van der Waals surface area contributed by atoms with Crippen molar-refractivity contribution in [3.63, 3.8) is 0 Å². The SMILES string of the molecule is O=C(O)O[C@@H]1COc2cc(C(F)(F)F)ccc2O1. The summed E-state index contributed by atoms with van der Waals surface area (Å²) in [5, 5.41) is 8.36. The smallest absolute Gasteiger partial charge is 0.482 e. The molecule has 0 bridgehead atoms. The Morgan fingerprint density at radius 1 is 1.39 bits per heavy atom. The van der Waals surface area contributed by atoms with Crippen molar-refractivity contribution in [1.82, 2.24) is 0 Å². The minimum Gasteiger partial charge on any atom is -0.482 e. The van der Waals surface area contributed by atoms with Crippen LogP contribution in [-0.4, -0.2) is 24.2 Å². The van der Waals surface area contributed by atoms with Crippen molar-refractivity contribution < 1.29 is 37.3 Å². The highest BCUT2D eigenvalue weighted by Gasteiger charge is 2.33. The fourth-order valence-corrected chi connectivity index (χ4v) is 1.40. The second-order valence-electron chi connectivity index (χ2n) is 3.40. The van der Waals surface area contributed by atoms with Crippen LogP contribution in [0.5, 0.6) is 11.5 Å². The zero-order valence-electron chi connectivity index (χ0n) is 8.73. The molecule has 0 aliphatic carbocycles. The number of hydrogen-bond acceptors (Lipinski definition) is 4. The normalized spacial score (nSPS) is 18.3. The third-order valence-corrected chi connectivity index (χ3v) is 2.14. The fraction of sp³-hybridized carbons (Fsp3) is 0.300. The topological polar surface area (TPSA) is 65.0 Å². The molecule has 1 aliphatic rings. The first-order chi connectivity index (χ1) is 8.36. The third-order valence-electron chi connectivity index (χ3n) is 2.14. The van der Waals surface area contributed by atoms with Gasteiger partial charge in [-0.15, -0.1) is 0 Å². The van der Waals surface area contributed by atoms with Gasteiger partial charge in [-0.2, -0.15) is 13.2 Å². The Labute approximate surface area is 98.7 Å². The number of rotatable bonds is 1. The maximum Gasteiger partial charge on any atom is 0.509 e. The van der Waals surface area contributed by atoms with E-state index in [-0.39, 0.29) is 18.1 Å². The van der Waals surface area contributed by atoms with E-state index in [1.807, 2.05) is 0 Å². The molecule has 0 spiro atoms. The molecule has 0 saturated carbocycles. The van der Waals surface area contributed by atoms with Crippen molar-refractivity contribution in [1.29, 1.82) is 0 Å². The lowest BCUT2D eigenvalue weighted by molar-refractivity contribution is -0.138. The summed E-state index contributed by atoms with van der Waals surface area (Å²) in [6.45, 7) is -0.305. The summed E-state index contributed by atoms with van der Waals surface area (Å²) in [5.41, 5.74) is -0.873. The molecule has 98 valence electrons. The van der Waals surface area contributed by atoms with Gasteiger partial charge in [-0.1, -0.05) is 0 Å². The maximum atomic E-state index is 12.4. The van der Waals surface area contributed by atoms with Crippen LogP contribution in [0.3, 0.4) is 0 Å². The van der Waals surface area contributed by atoms with Crippen LogP contribution >= 0.6 is 0 Å². The highest BCUT2D eigenvalue weighted by Crippen LogP contribution is 2.38. The highest BCUT2D eigenvalue weighted by molar-refractivity contribution is 5.57. The summed E-state index contributed by atoms with van der Waals surface area (Å²) in [6, 6.07) is 2.65. The van der Waals surface area contributed by atoms with Crippen LogP contribution in [0.2, 0.25) is 0 Å². The lowest BCUT2D eigenvalue weighted by atomic mass is 10.2. The monoisotopic (exact) mass is 264 g/mol. The molecule has 1 N–H and O–H groups in total. The molecule has 5 nitrogen and oxygen atoms in total. The average Bonchev–Trinajstić information content (AvgIpc) is 2.26. The van der Waals surface area contributed by atoms with E-state index in [4.69, 9.17) is 14.6 Å². The Morgan fingerprint density at radius 2 is 2.11 bits per heavy atom. The van der Waals surface area contributed by atoms with Gasteiger partial charge in [-0.3, -0.25) is 0 Å². The Morgan fingerprint density at radius 3 is 2.72 bits per heavy atom. The van der Waals surface area contributed by atoms with Crippen LogP contribution in [0, 0.1) is 0 Å². The van der Waals surface area contributed by atoms with Crippen LogP contribution in [0.25, 0.3) is 0 Å². The van der Waals surface area contributed by atoms with Gasteiger partial charge in [0.1, 0.15) is 0 Å². The predicted octanol–water partition coefficient (Wildman–Crippen LogP) is 2.50. The van der Waals surface area contributed by atoms with E-state index in [0.717, 1.165) is 18.2 Å². The molecule has 1 heterocycles. The second-order valence-corrected chi connectivity index (χ2v) is 3.40. The van der Waals surface area contributed by atoms with Crippen LogP contribution in [0.1, 0.15) is 5.56 Å². The molecule has 1 aromatic carbocycles. The standard InChI is InChI=1S/C10H7F3O5/c11-10(12,13)5-1-2-6-7(3-5)16-4-8(17-6)18-9(14)15/h1-3,8H,4H2,(H,14,15)/t8-/m1/s1. The molecular weight excluding hydrogens is 257 g/mol. The van der Waals surface area contributed by atoms with Crippen LogP contribution < -0.4 is 9.47 Å². The Bertz CT molecular complexity index is 471. The summed E-state index contributed by atoms with van der Waals surface area (Å²) in [6.07, 6.45) is -7.22. The zero-order chi connectivity index (χ0) is 13.3. The van der Waals surface area contributed by atoms with Crippen molar-refractivity contribution in [2.24, 2.45) is 0 Å². The maximum absolute atomic E-state index is 12.4. The largest absolute Gasteiger partial charge is 0.509 e. The minimum absolute atomic E-state index is 0.000463. The van der Waals surface area contributed by atoms with E-state index in [2.05, 4.69) is 4.74 Å². The molecule has 18 heavy (non-hydrogen) atoms. The molecular formula is C10H7F3O5. The Hall–Kier alpha value is -2.12. The minimum atomic E-state index is -4.48. The van der Waals surface area contributed by atoms with E-state index in [1.165, 1.54) is 0 Å². The van der Waals surface area contributed by atoms with Gasteiger partial charge in [-0.25, -0.2) is 4.79 Å². The van der Waals surface area contributed by atoms with Crippen molar-refractivity contribution in [3.8, 4) is 11.5 Å². The number of alkyl halides is 3. The van der Waals surface area contributed by atoms with Crippen LogP contribution in [0.4, 0.5) is 18.0 Å². The lowest BCUT2D eigenvalue weighted by Gasteiger charge is -2.25. The van der Waals surface area contributed by atoms with Gasteiger partial charge in [0.25, 0.3) is 6.29 Å². The van der Waals surface area contributed by atoms with Gasteiger partial charge < -0.3 is 19.3 Å². The van der Waals surface area contributed by atoms with Crippen LogP contribution in [-0.2, 0) is 10.9 Å². The first-order valence-electron chi connectivity index (χ1n) is 4.76. The van der Waals surface area contributed by atoms with Crippen LogP contribution in [0.15, 0.2) is 18.2 Å². The molecule has 0 radical (unpaired) electrons. The van der Waals surface area contributed by atoms with E-state index in [1.54, 1.807) is 0 Å². The molecule has 1 atom stereocenters. The quantitative estimate of drug-likeness (QED) is 0.789.